The van der Waals surface area contributed by atoms with Gasteiger partial charge in [-0.3, -0.25) is 14.9 Å². The van der Waals surface area contributed by atoms with Crippen molar-refractivity contribution >= 4 is 34.2 Å². The predicted molar refractivity (Wildman–Crippen MR) is 83.2 cm³/mol. The number of nitrogens with zero attached hydrogens (tertiary/aromatic N) is 3. The number of aromatic nitrogens is 4. The zero-order valence-electron chi connectivity index (χ0n) is 10.9. The minimum absolute atomic E-state index is 0.0825. The van der Waals surface area contributed by atoms with Crippen LogP contribution in [0, 0.1) is 0 Å². The lowest BCUT2D eigenvalue weighted by Crippen LogP contribution is -2.17. The Hall–Kier alpha value is -2.58. The molecule has 22 heavy (non-hydrogen) atoms. The number of benzene rings is 1. The lowest BCUT2D eigenvalue weighted by Gasteiger charge is -1.99. The minimum Gasteiger partial charge on any atom is -0.295 e. The van der Waals surface area contributed by atoms with E-state index in [9.17, 15) is 9.59 Å². The molecule has 0 spiro atoms. The molecule has 1 amide bonds. The summed E-state index contributed by atoms with van der Waals surface area (Å²) in [5.74, 6) is -0.0118. The monoisotopic (exact) mass is 333 g/mol. The van der Waals surface area contributed by atoms with Crippen molar-refractivity contribution in [1.82, 2.24) is 19.6 Å². The summed E-state index contributed by atoms with van der Waals surface area (Å²) in [5, 5.41) is 9.31. The van der Waals surface area contributed by atoms with Gasteiger partial charge in [-0.05, 0) is 18.2 Å². The van der Waals surface area contributed by atoms with Gasteiger partial charge in [0, 0.05) is 28.2 Å². The van der Waals surface area contributed by atoms with Crippen LogP contribution in [0.25, 0.3) is 11.4 Å². The Bertz CT molecular complexity index is 871. The molecule has 0 aliphatic heterocycles. The second-order valence-electron chi connectivity index (χ2n) is 4.19. The molecule has 0 aliphatic carbocycles. The first kappa shape index (κ1) is 14.4. The van der Waals surface area contributed by atoms with E-state index in [2.05, 4.69) is 24.9 Å². The summed E-state index contributed by atoms with van der Waals surface area (Å²) in [6.07, 6.45) is 0. The maximum absolute atomic E-state index is 11.9. The summed E-state index contributed by atoms with van der Waals surface area (Å²) in [5.41, 5.74) is 0.459. The third-order valence-corrected chi connectivity index (χ3v) is 3.51. The second kappa shape index (κ2) is 6.04. The second-order valence-corrected chi connectivity index (χ2v) is 5.38. The lowest BCUT2D eigenvalue weighted by atomic mass is 10.2. The molecule has 2 aromatic heterocycles. The van der Waals surface area contributed by atoms with Gasteiger partial charge in [0.05, 0.1) is 0 Å². The molecule has 0 fully saturated rings. The van der Waals surface area contributed by atoms with Crippen molar-refractivity contribution < 1.29 is 4.79 Å². The van der Waals surface area contributed by atoms with Gasteiger partial charge >= 0.3 is 0 Å². The van der Waals surface area contributed by atoms with Crippen LogP contribution in [0.1, 0.15) is 10.5 Å². The molecule has 7 nitrogen and oxygen atoms in total. The standard InChI is InChI=1S/C13H8ClN5O2S/c14-8-3-1-2-7(6-8)11-15-13(22-19-11)16-12(21)9-4-5-10(20)18-17-9/h1-6H,(H,18,20)(H,15,16,19,21). The number of hydrogen-bond acceptors (Lipinski definition) is 6. The Morgan fingerprint density at radius 3 is 2.86 bits per heavy atom. The largest absolute Gasteiger partial charge is 0.295 e. The normalized spacial score (nSPS) is 10.4. The maximum atomic E-state index is 11.9. The van der Waals surface area contributed by atoms with E-state index in [-0.39, 0.29) is 11.3 Å². The fourth-order valence-electron chi connectivity index (χ4n) is 1.65. The highest BCUT2D eigenvalue weighted by molar-refractivity contribution is 7.10. The van der Waals surface area contributed by atoms with Crippen LogP contribution in [0.5, 0.6) is 0 Å². The van der Waals surface area contributed by atoms with Crippen molar-refractivity contribution in [3.63, 3.8) is 0 Å². The number of halogens is 1. The molecular weight excluding hydrogens is 326 g/mol. The van der Waals surface area contributed by atoms with Gasteiger partial charge in [0.2, 0.25) is 5.13 Å². The summed E-state index contributed by atoms with van der Waals surface area (Å²) in [6, 6.07) is 9.65. The molecule has 0 unspecified atom stereocenters. The molecule has 3 aromatic rings. The fourth-order valence-corrected chi connectivity index (χ4v) is 2.43. The molecule has 1 aromatic carbocycles. The first-order valence-corrected chi connectivity index (χ1v) is 7.24. The van der Waals surface area contributed by atoms with E-state index in [0.717, 1.165) is 17.1 Å². The summed E-state index contributed by atoms with van der Waals surface area (Å²) < 4.78 is 4.17. The van der Waals surface area contributed by atoms with Crippen LogP contribution in [-0.2, 0) is 0 Å². The highest BCUT2D eigenvalue weighted by Gasteiger charge is 2.12. The number of carbonyl (C=O) groups is 1. The maximum Gasteiger partial charge on any atom is 0.277 e. The molecule has 2 N–H and O–H groups in total. The number of H-pyrrole nitrogens is 1. The lowest BCUT2D eigenvalue weighted by molar-refractivity contribution is 0.102. The van der Waals surface area contributed by atoms with Gasteiger partial charge < -0.3 is 0 Å². The average Bonchev–Trinajstić information content (AvgIpc) is 2.96. The van der Waals surface area contributed by atoms with Gasteiger partial charge in [-0.15, -0.1) is 0 Å². The molecular formula is C13H8ClN5O2S. The first-order chi connectivity index (χ1) is 10.6. The van der Waals surface area contributed by atoms with E-state index in [1.807, 2.05) is 6.07 Å². The molecule has 0 atom stereocenters. The van der Waals surface area contributed by atoms with Gasteiger partial charge in [-0.25, -0.2) is 5.10 Å². The van der Waals surface area contributed by atoms with Crippen LogP contribution in [0.2, 0.25) is 5.02 Å². The van der Waals surface area contributed by atoms with Crippen LogP contribution in [0.4, 0.5) is 5.13 Å². The smallest absolute Gasteiger partial charge is 0.277 e. The highest BCUT2D eigenvalue weighted by Crippen LogP contribution is 2.23. The molecule has 110 valence electrons. The van der Waals surface area contributed by atoms with E-state index in [1.54, 1.807) is 18.2 Å². The quantitative estimate of drug-likeness (QED) is 0.765. The molecule has 0 saturated carbocycles. The molecule has 0 bridgehead atoms. The number of rotatable bonds is 3. The Kier molecular flexibility index (Phi) is 3.94. The van der Waals surface area contributed by atoms with Gasteiger partial charge in [0.25, 0.3) is 11.5 Å². The van der Waals surface area contributed by atoms with Crippen LogP contribution in [0.3, 0.4) is 0 Å². The predicted octanol–water partition coefficient (Wildman–Crippen LogP) is 2.19. The fraction of sp³-hybridized carbons (Fsp3) is 0. The molecule has 0 saturated heterocycles. The van der Waals surface area contributed by atoms with Crippen LogP contribution in [0.15, 0.2) is 41.2 Å². The van der Waals surface area contributed by atoms with Gasteiger partial charge in [0.1, 0.15) is 5.69 Å². The van der Waals surface area contributed by atoms with E-state index in [0.29, 0.717) is 16.0 Å². The SMILES string of the molecule is O=C(Nc1nc(-c2cccc(Cl)c2)ns1)c1ccc(=O)[nH]n1. The Morgan fingerprint density at radius 1 is 1.27 bits per heavy atom. The van der Waals surface area contributed by atoms with Crippen molar-refractivity contribution in [3.05, 3.63) is 57.5 Å². The summed E-state index contributed by atoms with van der Waals surface area (Å²) >= 11 is 6.96. The number of amides is 1. The number of nitrogens with one attached hydrogen (secondary N) is 2. The van der Waals surface area contributed by atoms with Crippen molar-refractivity contribution in [2.45, 2.75) is 0 Å². The topological polar surface area (TPSA) is 101 Å². The van der Waals surface area contributed by atoms with E-state index >= 15 is 0 Å². The van der Waals surface area contributed by atoms with E-state index < -0.39 is 5.91 Å². The number of anilines is 1. The van der Waals surface area contributed by atoms with Crippen LogP contribution < -0.4 is 10.9 Å². The van der Waals surface area contributed by atoms with Gasteiger partial charge in [-0.2, -0.15) is 14.5 Å². The Morgan fingerprint density at radius 2 is 2.14 bits per heavy atom. The third kappa shape index (κ3) is 3.18. The van der Waals surface area contributed by atoms with Crippen LogP contribution in [-0.4, -0.2) is 25.5 Å². The van der Waals surface area contributed by atoms with Gasteiger partial charge in [0.15, 0.2) is 5.82 Å². The van der Waals surface area contributed by atoms with Crippen molar-refractivity contribution in [1.29, 1.82) is 0 Å². The van der Waals surface area contributed by atoms with Crippen molar-refractivity contribution in [2.75, 3.05) is 5.32 Å². The molecule has 0 aliphatic rings. The number of aromatic amines is 1. The summed E-state index contributed by atoms with van der Waals surface area (Å²) in [7, 11) is 0. The van der Waals surface area contributed by atoms with E-state index in [4.69, 9.17) is 11.6 Å². The Balaban J connectivity index is 1.78. The molecule has 9 heteroatoms. The first-order valence-electron chi connectivity index (χ1n) is 6.08. The summed E-state index contributed by atoms with van der Waals surface area (Å²) in [6.45, 7) is 0. The van der Waals surface area contributed by atoms with Gasteiger partial charge in [-0.1, -0.05) is 23.7 Å². The van der Waals surface area contributed by atoms with Crippen molar-refractivity contribution in [3.8, 4) is 11.4 Å². The number of carbonyl (C=O) groups excluding carboxylic acids is 1. The molecule has 0 radical (unpaired) electrons. The zero-order chi connectivity index (χ0) is 15.5. The van der Waals surface area contributed by atoms with Crippen molar-refractivity contribution in [2.24, 2.45) is 0 Å². The minimum atomic E-state index is -0.481. The average molecular weight is 334 g/mol. The molecule has 2 heterocycles. The Labute approximate surface area is 133 Å². The van der Waals surface area contributed by atoms with E-state index in [1.165, 1.54) is 12.1 Å². The highest BCUT2D eigenvalue weighted by atomic mass is 35.5. The van der Waals surface area contributed by atoms with Crippen LogP contribution >= 0.6 is 23.1 Å². The zero-order valence-corrected chi connectivity index (χ0v) is 12.5. The summed E-state index contributed by atoms with van der Waals surface area (Å²) in [4.78, 5) is 27.1. The number of hydrogen-bond donors (Lipinski definition) is 2. The third-order valence-electron chi connectivity index (χ3n) is 2.64. The molecule has 3 rings (SSSR count).